The number of aromatic nitrogens is 3. The zero-order valence-electron chi connectivity index (χ0n) is 14.7. The van der Waals surface area contributed by atoms with Crippen LogP contribution in [0.25, 0.3) is 22.6 Å². The highest BCUT2D eigenvalue weighted by Crippen LogP contribution is 2.27. The molecule has 4 heterocycles. The van der Waals surface area contributed by atoms with Gasteiger partial charge in [0.1, 0.15) is 28.5 Å². The predicted octanol–water partition coefficient (Wildman–Crippen LogP) is 3.41. The van der Waals surface area contributed by atoms with Crippen LogP contribution in [0.5, 0.6) is 5.88 Å². The van der Waals surface area contributed by atoms with Gasteiger partial charge < -0.3 is 18.6 Å². The first-order chi connectivity index (χ1) is 13.2. The van der Waals surface area contributed by atoms with E-state index in [0.717, 1.165) is 6.42 Å². The first-order valence-electron chi connectivity index (χ1n) is 8.53. The molecule has 0 atom stereocenters. The highest BCUT2D eigenvalue weighted by atomic mass is 16.5. The van der Waals surface area contributed by atoms with E-state index in [-0.39, 0.29) is 17.6 Å². The minimum atomic E-state index is 0.127. The summed E-state index contributed by atoms with van der Waals surface area (Å²) in [4.78, 5) is 7.64. The largest absolute Gasteiger partial charge is 0.478 e. The van der Waals surface area contributed by atoms with E-state index in [1.807, 2.05) is 13.0 Å². The topological polar surface area (TPSA) is 117 Å². The van der Waals surface area contributed by atoms with E-state index < -0.39 is 0 Å². The molecule has 0 spiro atoms. The second-order valence-corrected chi connectivity index (χ2v) is 5.94. The van der Waals surface area contributed by atoms with Gasteiger partial charge in [0.2, 0.25) is 5.88 Å². The Bertz CT molecular complexity index is 1160. The molecule has 0 aliphatic heterocycles. The molecule has 8 heteroatoms. The number of nitrogens with one attached hydrogen (secondary N) is 2. The van der Waals surface area contributed by atoms with Crippen LogP contribution in [0.1, 0.15) is 24.7 Å². The fourth-order valence-electron chi connectivity index (χ4n) is 2.91. The first-order valence-corrected chi connectivity index (χ1v) is 8.53. The lowest BCUT2D eigenvalue weighted by molar-refractivity contribution is 0.307. The smallest absolute Gasteiger partial charge is 0.211 e. The Morgan fingerprint density at radius 1 is 1.30 bits per heavy atom. The number of H-pyrrole nitrogens is 1. The minimum Gasteiger partial charge on any atom is -0.478 e. The van der Waals surface area contributed by atoms with E-state index in [1.54, 1.807) is 35.3 Å². The quantitative estimate of drug-likeness (QED) is 0.544. The van der Waals surface area contributed by atoms with Gasteiger partial charge in [0.25, 0.3) is 0 Å². The first kappa shape index (κ1) is 16.7. The van der Waals surface area contributed by atoms with Gasteiger partial charge in [-0.3, -0.25) is 9.98 Å². The van der Waals surface area contributed by atoms with Crippen molar-refractivity contribution in [3.8, 4) is 23.5 Å². The zero-order chi connectivity index (χ0) is 18.8. The Morgan fingerprint density at radius 2 is 2.11 bits per heavy atom. The Hall–Kier alpha value is -3.73. The Kier molecular flexibility index (Phi) is 4.26. The third-order valence-electron chi connectivity index (χ3n) is 4.12. The SMILES string of the molecule is CCCOc1[nH]c2nc(-c3ccco3)n(Cc3ccco3)c(=N)c2c1C#N. The molecule has 0 saturated heterocycles. The van der Waals surface area contributed by atoms with Crippen LogP contribution in [0.4, 0.5) is 0 Å². The Balaban J connectivity index is 1.97. The van der Waals surface area contributed by atoms with Gasteiger partial charge in [-0.1, -0.05) is 6.92 Å². The van der Waals surface area contributed by atoms with E-state index in [9.17, 15) is 5.26 Å². The van der Waals surface area contributed by atoms with Gasteiger partial charge in [-0.15, -0.1) is 0 Å². The summed E-state index contributed by atoms with van der Waals surface area (Å²) in [6, 6.07) is 9.27. The Labute approximate surface area is 154 Å². The average molecular weight is 363 g/mol. The molecule has 136 valence electrons. The van der Waals surface area contributed by atoms with Gasteiger partial charge in [-0.05, 0) is 30.7 Å². The molecule has 4 aromatic heterocycles. The molecule has 0 bridgehead atoms. The van der Waals surface area contributed by atoms with Crippen molar-refractivity contribution in [1.29, 1.82) is 10.7 Å². The van der Waals surface area contributed by atoms with E-state index in [2.05, 4.69) is 16.0 Å². The van der Waals surface area contributed by atoms with E-state index in [1.165, 1.54) is 0 Å². The van der Waals surface area contributed by atoms with Crippen LogP contribution < -0.4 is 10.2 Å². The molecule has 0 saturated carbocycles. The van der Waals surface area contributed by atoms with Crippen molar-refractivity contribution in [2.45, 2.75) is 19.9 Å². The van der Waals surface area contributed by atoms with Crippen LogP contribution in [0, 0.1) is 16.7 Å². The summed E-state index contributed by atoms with van der Waals surface area (Å²) in [5, 5.41) is 18.8. The molecule has 0 amide bonds. The summed E-state index contributed by atoms with van der Waals surface area (Å²) in [6.07, 6.45) is 3.93. The molecule has 27 heavy (non-hydrogen) atoms. The molecule has 0 fully saturated rings. The fraction of sp³-hybridized carbons (Fsp3) is 0.211. The van der Waals surface area contributed by atoms with Crippen molar-refractivity contribution < 1.29 is 13.6 Å². The fourth-order valence-corrected chi connectivity index (χ4v) is 2.91. The Morgan fingerprint density at radius 3 is 2.78 bits per heavy atom. The maximum atomic E-state index is 9.62. The second kappa shape index (κ2) is 6.88. The molecule has 0 aromatic carbocycles. The third kappa shape index (κ3) is 2.89. The third-order valence-corrected chi connectivity index (χ3v) is 4.12. The van der Waals surface area contributed by atoms with Gasteiger partial charge in [0.05, 0.1) is 31.1 Å². The molecular formula is C19H17N5O3. The molecule has 0 aliphatic carbocycles. The zero-order valence-corrected chi connectivity index (χ0v) is 14.7. The summed E-state index contributed by atoms with van der Waals surface area (Å²) in [7, 11) is 0. The van der Waals surface area contributed by atoms with Gasteiger partial charge in [0.15, 0.2) is 11.6 Å². The van der Waals surface area contributed by atoms with Gasteiger partial charge >= 0.3 is 0 Å². The minimum absolute atomic E-state index is 0.127. The highest BCUT2D eigenvalue weighted by molar-refractivity contribution is 5.85. The molecule has 0 unspecified atom stereocenters. The highest BCUT2D eigenvalue weighted by Gasteiger charge is 2.21. The van der Waals surface area contributed by atoms with Crippen molar-refractivity contribution in [3.63, 3.8) is 0 Å². The number of fused-ring (bicyclic) bond motifs is 1. The van der Waals surface area contributed by atoms with Crippen LogP contribution in [0.15, 0.2) is 45.6 Å². The van der Waals surface area contributed by atoms with Crippen molar-refractivity contribution in [3.05, 3.63) is 53.6 Å². The van der Waals surface area contributed by atoms with Crippen LogP contribution in [0.3, 0.4) is 0 Å². The van der Waals surface area contributed by atoms with Crippen LogP contribution in [0.2, 0.25) is 0 Å². The van der Waals surface area contributed by atoms with Gasteiger partial charge in [-0.25, -0.2) is 4.98 Å². The van der Waals surface area contributed by atoms with E-state index >= 15 is 0 Å². The van der Waals surface area contributed by atoms with Crippen LogP contribution >= 0.6 is 0 Å². The number of ether oxygens (including phenoxy) is 1. The van der Waals surface area contributed by atoms with Crippen LogP contribution in [-0.2, 0) is 6.54 Å². The number of hydrogen-bond acceptors (Lipinski definition) is 6. The number of hydrogen-bond donors (Lipinski definition) is 2. The summed E-state index contributed by atoms with van der Waals surface area (Å²) in [5.41, 5.74) is 0.807. The molecule has 4 aromatic rings. The lowest BCUT2D eigenvalue weighted by atomic mass is 10.2. The normalized spacial score (nSPS) is 11.0. The molecule has 0 radical (unpaired) electrons. The number of nitrogens with zero attached hydrogens (tertiary/aromatic N) is 3. The summed E-state index contributed by atoms with van der Waals surface area (Å²) >= 11 is 0. The average Bonchev–Trinajstić information content (AvgIpc) is 3.42. The molecule has 4 rings (SSSR count). The second-order valence-electron chi connectivity index (χ2n) is 5.94. The molecule has 2 N–H and O–H groups in total. The number of aromatic amines is 1. The summed E-state index contributed by atoms with van der Waals surface area (Å²) in [5.74, 6) is 1.97. The van der Waals surface area contributed by atoms with Crippen molar-refractivity contribution >= 4 is 11.0 Å². The number of furan rings is 2. The van der Waals surface area contributed by atoms with E-state index in [4.69, 9.17) is 19.0 Å². The molecular weight excluding hydrogens is 346 g/mol. The van der Waals surface area contributed by atoms with Gasteiger partial charge in [0, 0.05) is 0 Å². The van der Waals surface area contributed by atoms with Crippen molar-refractivity contribution in [2.75, 3.05) is 6.61 Å². The lowest BCUT2D eigenvalue weighted by Crippen LogP contribution is -2.24. The van der Waals surface area contributed by atoms with Crippen molar-refractivity contribution in [2.24, 2.45) is 0 Å². The lowest BCUT2D eigenvalue weighted by Gasteiger charge is -2.11. The number of nitriles is 1. The van der Waals surface area contributed by atoms with Gasteiger partial charge in [-0.2, -0.15) is 5.26 Å². The number of rotatable bonds is 6. The van der Waals surface area contributed by atoms with E-state index in [0.29, 0.717) is 40.9 Å². The molecule has 0 aliphatic rings. The molecule has 8 nitrogen and oxygen atoms in total. The summed E-state index contributed by atoms with van der Waals surface area (Å²) in [6.45, 7) is 2.73. The predicted molar refractivity (Wildman–Crippen MR) is 96.0 cm³/mol. The van der Waals surface area contributed by atoms with Crippen LogP contribution in [-0.4, -0.2) is 21.1 Å². The maximum Gasteiger partial charge on any atom is 0.211 e. The maximum absolute atomic E-state index is 9.62. The summed E-state index contributed by atoms with van der Waals surface area (Å²) < 4.78 is 18.2. The van der Waals surface area contributed by atoms with Crippen molar-refractivity contribution in [1.82, 2.24) is 14.5 Å². The monoisotopic (exact) mass is 363 g/mol. The standard InChI is InChI=1S/C19H17N5O3/c1-2-7-27-19-13(10-20)15-16(21)24(11-12-5-3-8-25-12)18(22-17(15)23-19)14-6-4-9-26-14/h3-6,8-9,21,23H,2,7,11H2,1H3.